The van der Waals surface area contributed by atoms with Gasteiger partial charge in [-0.3, -0.25) is 4.79 Å². The molecule has 0 aromatic heterocycles. The summed E-state index contributed by atoms with van der Waals surface area (Å²) in [6.45, 7) is 2.55. The molecule has 10 heavy (non-hydrogen) atoms. The minimum atomic E-state index is 0.156. The van der Waals surface area contributed by atoms with Gasteiger partial charge in [0, 0.05) is 12.8 Å². The maximum Gasteiger partial charge on any atom is 0.173 e. The number of hydrogen-bond acceptors (Lipinski definition) is 2. The Morgan fingerprint density at radius 2 is 2.30 bits per heavy atom. The highest BCUT2D eigenvalue weighted by Gasteiger charge is 2.21. The molecule has 0 aliphatic heterocycles. The molecule has 1 rings (SSSR count). The van der Waals surface area contributed by atoms with Crippen molar-refractivity contribution >= 4 is 21.7 Å². The molecule has 0 amide bonds. The van der Waals surface area contributed by atoms with Crippen LogP contribution >= 0.6 is 15.9 Å². The number of ketones is 1. The molecule has 1 aliphatic carbocycles. The number of carbonyl (C=O) groups is 1. The number of halogens is 1. The predicted molar refractivity (Wildman–Crippen MR) is 41.8 cm³/mol. The lowest BCUT2D eigenvalue weighted by molar-refractivity contribution is -0.114. The van der Waals surface area contributed by atoms with Crippen LogP contribution in [0.25, 0.3) is 0 Å². The predicted octanol–water partition coefficient (Wildman–Crippen LogP) is 1.99. The summed E-state index contributed by atoms with van der Waals surface area (Å²) in [4.78, 5) is 10.9. The Morgan fingerprint density at radius 1 is 1.60 bits per heavy atom. The van der Waals surface area contributed by atoms with Crippen molar-refractivity contribution < 1.29 is 9.53 Å². The summed E-state index contributed by atoms with van der Waals surface area (Å²) in [5.41, 5.74) is 0. The molecular weight excluding hydrogens is 196 g/mol. The van der Waals surface area contributed by atoms with Crippen molar-refractivity contribution in [3.8, 4) is 0 Å². The molecule has 0 N–H and O–H groups in total. The summed E-state index contributed by atoms with van der Waals surface area (Å²) in [5.74, 6) is 0.968. The summed E-state index contributed by atoms with van der Waals surface area (Å²) >= 11 is 3.18. The van der Waals surface area contributed by atoms with E-state index in [-0.39, 0.29) is 5.78 Å². The molecule has 0 aromatic rings. The second-order valence-corrected chi connectivity index (χ2v) is 2.89. The number of Topliss-reactive ketones (excluding diaryl/α,β-unsaturated/α-hetero) is 1. The smallest absolute Gasteiger partial charge is 0.173 e. The van der Waals surface area contributed by atoms with Crippen molar-refractivity contribution in [1.29, 1.82) is 0 Å². The largest absolute Gasteiger partial charge is 0.497 e. The first-order chi connectivity index (χ1) is 4.75. The van der Waals surface area contributed by atoms with Crippen LogP contribution in [0.2, 0.25) is 0 Å². The van der Waals surface area contributed by atoms with Gasteiger partial charge in [0.05, 0.1) is 11.1 Å². The zero-order valence-corrected chi connectivity index (χ0v) is 7.40. The summed E-state index contributed by atoms with van der Waals surface area (Å²) < 4.78 is 5.83. The van der Waals surface area contributed by atoms with Crippen molar-refractivity contribution in [3.63, 3.8) is 0 Å². The third-order valence-electron chi connectivity index (χ3n) is 1.39. The van der Waals surface area contributed by atoms with E-state index < -0.39 is 0 Å². The summed E-state index contributed by atoms with van der Waals surface area (Å²) in [6, 6.07) is 0. The lowest BCUT2D eigenvalue weighted by atomic mass is 10.3. The second kappa shape index (κ2) is 3.19. The molecule has 3 heteroatoms. The number of hydrogen-bond donors (Lipinski definition) is 0. The van der Waals surface area contributed by atoms with Gasteiger partial charge < -0.3 is 4.74 Å². The topological polar surface area (TPSA) is 26.3 Å². The maximum atomic E-state index is 10.9. The SMILES string of the molecule is CCOC1=C(Br)C(=O)CC1. The Labute approximate surface area is 68.4 Å². The Hall–Kier alpha value is -0.310. The van der Waals surface area contributed by atoms with E-state index in [4.69, 9.17) is 4.74 Å². The molecule has 0 bridgehead atoms. The van der Waals surface area contributed by atoms with Gasteiger partial charge in [-0.05, 0) is 22.9 Å². The lowest BCUT2D eigenvalue weighted by Gasteiger charge is -2.01. The molecule has 0 heterocycles. The van der Waals surface area contributed by atoms with Gasteiger partial charge in [0.25, 0.3) is 0 Å². The van der Waals surface area contributed by atoms with E-state index in [2.05, 4.69) is 15.9 Å². The van der Waals surface area contributed by atoms with Crippen LogP contribution in [-0.4, -0.2) is 12.4 Å². The van der Waals surface area contributed by atoms with Crippen molar-refractivity contribution in [2.24, 2.45) is 0 Å². The highest BCUT2D eigenvalue weighted by atomic mass is 79.9. The molecule has 0 aromatic carbocycles. The summed E-state index contributed by atoms with van der Waals surface area (Å²) in [5, 5.41) is 0. The van der Waals surface area contributed by atoms with Gasteiger partial charge in [0.2, 0.25) is 0 Å². The van der Waals surface area contributed by atoms with Gasteiger partial charge in [0.15, 0.2) is 5.78 Å². The van der Waals surface area contributed by atoms with Crippen LogP contribution < -0.4 is 0 Å². The van der Waals surface area contributed by atoms with Gasteiger partial charge >= 0.3 is 0 Å². The van der Waals surface area contributed by atoms with E-state index in [9.17, 15) is 4.79 Å². The van der Waals surface area contributed by atoms with Gasteiger partial charge in [-0.25, -0.2) is 0 Å². The van der Waals surface area contributed by atoms with Crippen molar-refractivity contribution in [2.75, 3.05) is 6.61 Å². The third kappa shape index (κ3) is 1.40. The fourth-order valence-electron chi connectivity index (χ4n) is 0.912. The van der Waals surface area contributed by atoms with Gasteiger partial charge in [-0.1, -0.05) is 0 Å². The number of allylic oxidation sites excluding steroid dienone is 2. The highest BCUT2D eigenvalue weighted by molar-refractivity contribution is 9.12. The van der Waals surface area contributed by atoms with Crippen molar-refractivity contribution in [2.45, 2.75) is 19.8 Å². The summed E-state index contributed by atoms with van der Waals surface area (Å²) in [6.07, 6.45) is 1.35. The molecule has 0 spiro atoms. The standard InChI is InChI=1S/C7H9BrO2/c1-2-10-6-4-3-5(9)7(6)8/h2-4H2,1H3. The Balaban J connectivity index is 2.65. The summed E-state index contributed by atoms with van der Waals surface area (Å²) in [7, 11) is 0. The van der Waals surface area contributed by atoms with Crippen LogP contribution in [-0.2, 0) is 9.53 Å². The lowest BCUT2D eigenvalue weighted by Crippen LogP contribution is -1.90. The van der Waals surface area contributed by atoms with E-state index >= 15 is 0 Å². The zero-order valence-electron chi connectivity index (χ0n) is 5.82. The van der Waals surface area contributed by atoms with Crippen LogP contribution in [0, 0.1) is 0 Å². The van der Waals surface area contributed by atoms with Crippen LogP contribution in [0.15, 0.2) is 10.2 Å². The quantitative estimate of drug-likeness (QED) is 0.688. The number of ether oxygens (including phenoxy) is 1. The van der Waals surface area contributed by atoms with Gasteiger partial charge in [-0.15, -0.1) is 0 Å². The highest BCUT2D eigenvalue weighted by Crippen LogP contribution is 2.27. The first kappa shape index (κ1) is 7.79. The van der Waals surface area contributed by atoms with Crippen LogP contribution in [0.4, 0.5) is 0 Å². The first-order valence-corrected chi connectivity index (χ1v) is 4.09. The molecular formula is C7H9BrO2. The van der Waals surface area contributed by atoms with Gasteiger partial charge in [-0.2, -0.15) is 0 Å². The average Bonchev–Trinajstić information content (AvgIpc) is 2.20. The maximum absolute atomic E-state index is 10.9. The van der Waals surface area contributed by atoms with E-state index in [0.717, 1.165) is 12.2 Å². The Kier molecular flexibility index (Phi) is 2.49. The zero-order chi connectivity index (χ0) is 7.56. The number of carbonyl (C=O) groups excluding carboxylic acids is 1. The monoisotopic (exact) mass is 204 g/mol. The fourth-order valence-corrected chi connectivity index (χ4v) is 1.42. The van der Waals surface area contributed by atoms with E-state index in [1.807, 2.05) is 6.92 Å². The molecule has 0 saturated carbocycles. The minimum Gasteiger partial charge on any atom is -0.497 e. The Bertz CT molecular complexity index is 184. The van der Waals surface area contributed by atoms with E-state index in [0.29, 0.717) is 17.5 Å². The van der Waals surface area contributed by atoms with Crippen LogP contribution in [0.3, 0.4) is 0 Å². The van der Waals surface area contributed by atoms with E-state index in [1.165, 1.54) is 0 Å². The Morgan fingerprint density at radius 3 is 2.70 bits per heavy atom. The fraction of sp³-hybridized carbons (Fsp3) is 0.571. The molecule has 0 radical (unpaired) electrons. The van der Waals surface area contributed by atoms with Crippen molar-refractivity contribution in [3.05, 3.63) is 10.2 Å². The molecule has 1 aliphatic rings. The normalized spacial score (nSPS) is 18.4. The molecule has 0 unspecified atom stereocenters. The number of rotatable bonds is 2. The molecule has 0 fully saturated rings. The molecule has 0 atom stereocenters. The molecule has 0 saturated heterocycles. The van der Waals surface area contributed by atoms with Crippen molar-refractivity contribution in [1.82, 2.24) is 0 Å². The first-order valence-electron chi connectivity index (χ1n) is 3.30. The molecule has 2 nitrogen and oxygen atoms in total. The van der Waals surface area contributed by atoms with Crippen LogP contribution in [0.5, 0.6) is 0 Å². The van der Waals surface area contributed by atoms with Crippen LogP contribution in [0.1, 0.15) is 19.8 Å². The minimum absolute atomic E-state index is 0.156. The second-order valence-electron chi connectivity index (χ2n) is 2.09. The molecule has 56 valence electrons. The van der Waals surface area contributed by atoms with E-state index in [1.54, 1.807) is 0 Å². The van der Waals surface area contributed by atoms with Gasteiger partial charge in [0.1, 0.15) is 5.76 Å². The third-order valence-corrected chi connectivity index (χ3v) is 2.27. The average molecular weight is 205 g/mol.